The van der Waals surface area contributed by atoms with Crippen LogP contribution < -0.4 is 15.0 Å². The number of nitrogens with one attached hydrogen (secondary N) is 1. The van der Waals surface area contributed by atoms with Crippen LogP contribution in [0.4, 0.5) is 5.69 Å². The molecule has 3 nitrogen and oxygen atoms in total. The third-order valence-corrected chi connectivity index (χ3v) is 5.29. The molecular formula is C18H17BrN2OS. The van der Waals surface area contributed by atoms with Gasteiger partial charge in [-0.25, -0.2) is 0 Å². The van der Waals surface area contributed by atoms with Crippen molar-refractivity contribution in [2.24, 2.45) is 0 Å². The van der Waals surface area contributed by atoms with E-state index in [4.69, 9.17) is 17.0 Å². The lowest BCUT2D eigenvalue weighted by Gasteiger charge is -2.52. The molecule has 5 heteroatoms. The summed E-state index contributed by atoms with van der Waals surface area (Å²) >= 11 is 9.20. The summed E-state index contributed by atoms with van der Waals surface area (Å²) in [4.78, 5) is 2.09. The zero-order valence-corrected chi connectivity index (χ0v) is 15.4. The lowest BCUT2D eigenvalue weighted by Crippen LogP contribution is -2.65. The van der Waals surface area contributed by atoms with Crippen LogP contribution in [0.25, 0.3) is 0 Å². The molecule has 2 heterocycles. The predicted molar refractivity (Wildman–Crippen MR) is 99.9 cm³/mol. The standard InChI is InChI=1S/C18H17BrN2OS/c1-11-4-3-5-13(8-11)21-17(23)20-15-10-18(21,2)22-16-7-6-12(19)9-14(15)16/h3-9,15H,10H2,1-2H3,(H,20,23)/t15-,18-/m0/s1. The predicted octanol–water partition coefficient (Wildman–Crippen LogP) is 4.69. The van der Waals surface area contributed by atoms with E-state index in [-0.39, 0.29) is 6.04 Å². The first kappa shape index (κ1) is 15.0. The maximum atomic E-state index is 6.40. The third-order valence-electron chi connectivity index (χ3n) is 4.49. The molecule has 2 aliphatic heterocycles. The Balaban J connectivity index is 1.81. The van der Waals surface area contributed by atoms with Gasteiger partial charge in [-0.1, -0.05) is 28.1 Å². The van der Waals surface area contributed by atoms with E-state index in [0.717, 1.165) is 27.9 Å². The van der Waals surface area contributed by atoms with E-state index in [1.165, 1.54) is 5.56 Å². The van der Waals surface area contributed by atoms with Gasteiger partial charge in [0.15, 0.2) is 10.8 Å². The third kappa shape index (κ3) is 2.42. The van der Waals surface area contributed by atoms with E-state index >= 15 is 0 Å². The molecule has 2 atom stereocenters. The number of hydrogen-bond acceptors (Lipinski definition) is 2. The molecule has 2 bridgehead atoms. The van der Waals surface area contributed by atoms with E-state index in [9.17, 15) is 0 Å². The second-order valence-corrected chi connectivity index (χ2v) is 7.64. The summed E-state index contributed by atoms with van der Waals surface area (Å²) in [5.74, 6) is 0.916. The van der Waals surface area contributed by atoms with Gasteiger partial charge in [0.1, 0.15) is 5.75 Å². The number of ether oxygens (including phenoxy) is 1. The SMILES string of the molecule is Cc1cccc(N2C(=S)N[C@H]3C[C@]2(C)Oc2ccc(Br)cc23)c1. The molecule has 0 radical (unpaired) electrons. The number of aryl methyl sites for hydroxylation is 1. The fourth-order valence-corrected chi connectivity index (χ4v) is 4.32. The Labute approximate surface area is 149 Å². The first-order chi connectivity index (χ1) is 11.0. The number of anilines is 1. The van der Waals surface area contributed by atoms with E-state index in [2.05, 4.69) is 70.3 Å². The fourth-order valence-electron chi connectivity index (χ4n) is 3.50. The fraction of sp³-hybridized carbons (Fsp3) is 0.278. The summed E-state index contributed by atoms with van der Waals surface area (Å²) in [5.41, 5.74) is 2.94. The lowest BCUT2D eigenvalue weighted by molar-refractivity contribution is 0.0497. The Bertz CT molecular complexity index is 809. The summed E-state index contributed by atoms with van der Waals surface area (Å²) in [6.45, 7) is 4.20. The molecule has 2 aliphatic rings. The highest BCUT2D eigenvalue weighted by atomic mass is 79.9. The number of benzene rings is 2. The number of hydrogen-bond donors (Lipinski definition) is 1. The van der Waals surface area contributed by atoms with Crippen molar-refractivity contribution in [1.29, 1.82) is 0 Å². The van der Waals surface area contributed by atoms with Crippen molar-refractivity contribution in [3.05, 3.63) is 58.1 Å². The second kappa shape index (κ2) is 5.21. The van der Waals surface area contributed by atoms with Gasteiger partial charge in [-0.15, -0.1) is 0 Å². The number of rotatable bonds is 1. The van der Waals surface area contributed by atoms with E-state index in [1.807, 2.05) is 12.1 Å². The summed E-state index contributed by atoms with van der Waals surface area (Å²) < 4.78 is 7.45. The molecule has 1 fully saturated rings. The minimum Gasteiger partial charge on any atom is -0.467 e. The molecule has 0 saturated carbocycles. The first-order valence-electron chi connectivity index (χ1n) is 7.62. The van der Waals surface area contributed by atoms with Crippen molar-refractivity contribution in [2.45, 2.75) is 32.0 Å². The summed E-state index contributed by atoms with van der Waals surface area (Å²) in [6, 6.07) is 14.7. The van der Waals surface area contributed by atoms with Crippen LogP contribution in [0.3, 0.4) is 0 Å². The van der Waals surface area contributed by atoms with Crippen molar-refractivity contribution >= 4 is 38.9 Å². The molecule has 2 aromatic carbocycles. The van der Waals surface area contributed by atoms with Gasteiger partial charge in [-0.3, -0.25) is 4.90 Å². The van der Waals surface area contributed by atoms with Crippen LogP contribution >= 0.6 is 28.1 Å². The largest absolute Gasteiger partial charge is 0.467 e. The highest BCUT2D eigenvalue weighted by Gasteiger charge is 2.48. The van der Waals surface area contributed by atoms with E-state index in [1.54, 1.807) is 0 Å². The normalized spacial score (nSPS) is 25.4. The van der Waals surface area contributed by atoms with Gasteiger partial charge in [-0.05, 0) is 62.0 Å². The summed E-state index contributed by atoms with van der Waals surface area (Å²) in [6.07, 6.45) is 0.838. The molecule has 0 aliphatic carbocycles. The van der Waals surface area contributed by atoms with Crippen molar-refractivity contribution in [3.8, 4) is 5.75 Å². The van der Waals surface area contributed by atoms with Crippen LogP contribution in [0.2, 0.25) is 0 Å². The molecular weight excluding hydrogens is 372 g/mol. The lowest BCUT2D eigenvalue weighted by atomic mass is 9.90. The van der Waals surface area contributed by atoms with Gasteiger partial charge in [0, 0.05) is 22.1 Å². The van der Waals surface area contributed by atoms with E-state index in [0.29, 0.717) is 5.11 Å². The smallest absolute Gasteiger partial charge is 0.188 e. The number of fused-ring (bicyclic) bond motifs is 4. The average molecular weight is 389 g/mol. The molecule has 1 N–H and O–H groups in total. The highest BCUT2D eigenvalue weighted by molar-refractivity contribution is 9.10. The molecule has 2 aromatic rings. The minimum atomic E-state index is -0.485. The molecule has 0 spiro atoms. The van der Waals surface area contributed by atoms with Gasteiger partial charge >= 0.3 is 0 Å². The summed E-state index contributed by atoms with van der Waals surface area (Å²) in [7, 11) is 0. The first-order valence-corrected chi connectivity index (χ1v) is 8.82. The van der Waals surface area contributed by atoms with Crippen LogP contribution in [0.1, 0.15) is 30.5 Å². The molecule has 118 valence electrons. The Kier molecular flexibility index (Phi) is 3.39. The van der Waals surface area contributed by atoms with Crippen molar-refractivity contribution in [1.82, 2.24) is 5.32 Å². The Morgan fingerprint density at radius 1 is 1.30 bits per heavy atom. The number of nitrogens with zero attached hydrogens (tertiary/aromatic N) is 1. The maximum Gasteiger partial charge on any atom is 0.188 e. The Morgan fingerprint density at radius 2 is 2.13 bits per heavy atom. The number of halogens is 1. The molecule has 0 unspecified atom stereocenters. The zero-order chi connectivity index (χ0) is 16.2. The number of thiocarbonyl (C=S) groups is 1. The van der Waals surface area contributed by atoms with Crippen LogP contribution in [-0.2, 0) is 0 Å². The molecule has 0 aromatic heterocycles. The molecule has 23 heavy (non-hydrogen) atoms. The van der Waals surface area contributed by atoms with Crippen LogP contribution in [0.15, 0.2) is 46.9 Å². The molecule has 4 rings (SSSR count). The van der Waals surface area contributed by atoms with Gasteiger partial charge in [0.25, 0.3) is 0 Å². The highest BCUT2D eigenvalue weighted by Crippen LogP contribution is 2.46. The minimum absolute atomic E-state index is 0.176. The van der Waals surface area contributed by atoms with E-state index < -0.39 is 5.72 Å². The van der Waals surface area contributed by atoms with Gasteiger partial charge in [0.05, 0.1) is 6.04 Å². The van der Waals surface area contributed by atoms with Gasteiger partial charge in [0.2, 0.25) is 0 Å². The van der Waals surface area contributed by atoms with Crippen molar-refractivity contribution in [2.75, 3.05) is 4.90 Å². The summed E-state index contributed by atoms with van der Waals surface area (Å²) in [5, 5.41) is 4.19. The topological polar surface area (TPSA) is 24.5 Å². The Hall–Kier alpha value is -1.59. The monoisotopic (exact) mass is 388 g/mol. The van der Waals surface area contributed by atoms with Gasteiger partial charge < -0.3 is 10.1 Å². The maximum absolute atomic E-state index is 6.40. The quantitative estimate of drug-likeness (QED) is 0.716. The average Bonchev–Trinajstić information content (AvgIpc) is 2.47. The van der Waals surface area contributed by atoms with Gasteiger partial charge in [-0.2, -0.15) is 0 Å². The van der Waals surface area contributed by atoms with Crippen molar-refractivity contribution < 1.29 is 4.74 Å². The van der Waals surface area contributed by atoms with Crippen LogP contribution in [-0.4, -0.2) is 10.8 Å². The molecule has 1 saturated heterocycles. The van der Waals surface area contributed by atoms with Crippen LogP contribution in [0.5, 0.6) is 5.75 Å². The molecule has 0 amide bonds. The Morgan fingerprint density at radius 3 is 2.91 bits per heavy atom. The second-order valence-electron chi connectivity index (χ2n) is 6.34. The van der Waals surface area contributed by atoms with Crippen molar-refractivity contribution in [3.63, 3.8) is 0 Å². The van der Waals surface area contributed by atoms with Crippen LogP contribution in [0, 0.1) is 6.92 Å². The zero-order valence-electron chi connectivity index (χ0n) is 13.0.